The predicted octanol–water partition coefficient (Wildman–Crippen LogP) is 3.70. The molecule has 1 aliphatic heterocycles. The van der Waals surface area contributed by atoms with Gasteiger partial charge in [-0.2, -0.15) is 0 Å². The van der Waals surface area contributed by atoms with Crippen LogP contribution in [0.3, 0.4) is 0 Å². The summed E-state index contributed by atoms with van der Waals surface area (Å²) in [6, 6.07) is 4.90. The summed E-state index contributed by atoms with van der Waals surface area (Å²) in [6.45, 7) is 5.96. The van der Waals surface area contributed by atoms with Gasteiger partial charge in [0.05, 0.1) is 5.92 Å². The van der Waals surface area contributed by atoms with Crippen molar-refractivity contribution in [2.75, 3.05) is 31.5 Å². The van der Waals surface area contributed by atoms with E-state index in [9.17, 15) is 22.8 Å². The molecule has 0 saturated carbocycles. The molecule has 3 amide bonds. The first-order chi connectivity index (χ1) is 12.7. The number of anilines is 1. The van der Waals surface area contributed by atoms with Crippen LogP contribution in [0.15, 0.2) is 24.3 Å². The van der Waals surface area contributed by atoms with Gasteiger partial charge in [-0.25, -0.2) is 4.79 Å². The van der Waals surface area contributed by atoms with Crippen LogP contribution in [0.5, 0.6) is 5.75 Å². The Kier molecular flexibility index (Phi) is 6.92. The van der Waals surface area contributed by atoms with E-state index in [0.717, 1.165) is 18.6 Å². The zero-order valence-corrected chi connectivity index (χ0v) is 15.4. The maximum Gasteiger partial charge on any atom is 0.573 e. The summed E-state index contributed by atoms with van der Waals surface area (Å²) < 4.78 is 40.3. The van der Waals surface area contributed by atoms with Crippen LogP contribution in [0.1, 0.15) is 26.7 Å². The summed E-state index contributed by atoms with van der Waals surface area (Å²) in [7, 11) is 0. The number of halogens is 3. The second-order valence-corrected chi connectivity index (χ2v) is 6.30. The van der Waals surface area contributed by atoms with E-state index in [1.807, 2.05) is 13.8 Å². The molecule has 0 radical (unpaired) electrons. The lowest BCUT2D eigenvalue weighted by atomic mass is 9.97. The van der Waals surface area contributed by atoms with Gasteiger partial charge in [-0.15, -0.1) is 13.2 Å². The van der Waals surface area contributed by atoms with E-state index in [0.29, 0.717) is 38.3 Å². The SMILES string of the molecule is CCN(CC)C(=O)N1CCCC(C(=O)Nc2ccc(OC(F)(F)F)cc2)C1. The van der Waals surface area contributed by atoms with Crippen LogP contribution in [0.25, 0.3) is 0 Å². The molecular formula is C18H24F3N3O3. The number of nitrogens with zero attached hydrogens (tertiary/aromatic N) is 2. The topological polar surface area (TPSA) is 61.9 Å². The Labute approximate surface area is 156 Å². The maximum absolute atomic E-state index is 12.5. The Morgan fingerprint density at radius 2 is 1.85 bits per heavy atom. The first kappa shape index (κ1) is 20.9. The number of likely N-dealkylation sites (tertiary alicyclic amines) is 1. The Morgan fingerprint density at radius 1 is 1.22 bits per heavy atom. The summed E-state index contributed by atoms with van der Waals surface area (Å²) in [4.78, 5) is 28.3. The number of rotatable bonds is 5. The van der Waals surface area contributed by atoms with E-state index in [2.05, 4.69) is 10.1 Å². The first-order valence-electron chi connectivity index (χ1n) is 8.94. The summed E-state index contributed by atoms with van der Waals surface area (Å²) in [6.07, 6.45) is -3.37. The van der Waals surface area contributed by atoms with Gasteiger partial charge in [0.1, 0.15) is 5.75 Å². The molecule has 2 rings (SSSR count). The van der Waals surface area contributed by atoms with E-state index in [1.54, 1.807) is 9.80 Å². The van der Waals surface area contributed by atoms with Gasteiger partial charge in [-0.1, -0.05) is 0 Å². The molecule has 0 bridgehead atoms. The van der Waals surface area contributed by atoms with Crippen LogP contribution < -0.4 is 10.1 Å². The minimum Gasteiger partial charge on any atom is -0.406 e. The monoisotopic (exact) mass is 387 g/mol. The number of carbonyl (C=O) groups is 2. The van der Waals surface area contributed by atoms with Crippen molar-refractivity contribution in [2.24, 2.45) is 5.92 Å². The molecule has 1 saturated heterocycles. The third-order valence-electron chi connectivity index (χ3n) is 4.45. The normalized spacial score (nSPS) is 17.4. The average Bonchev–Trinajstić information content (AvgIpc) is 2.63. The number of alkyl halides is 3. The second-order valence-electron chi connectivity index (χ2n) is 6.30. The van der Waals surface area contributed by atoms with Crippen molar-refractivity contribution in [1.29, 1.82) is 0 Å². The first-order valence-corrected chi connectivity index (χ1v) is 8.94. The Balaban J connectivity index is 1.94. The van der Waals surface area contributed by atoms with Gasteiger partial charge in [-0.3, -0.25) is 4.79 Å². The van der Waals surface area contributed by atoms with E-state index in [4.69, 9.17) is 0 Å². The molecule has 1 unspecified atom stereocenters. The lowest BCUT2D eigenvalue weighted by Crippen LogP contribution is -2.49. The van der Waals surface area contributed by atoms with Crippen molar-refractivity contribution in [3.05, 3.63) is 24.3 Å². The standard InChI is InChI=1S/C18H24F3N3O3/c1-3-23(4-2)17(26)24-11-5-6-13(12-24)16(25)22-14-7-9-15(10-8-14)27-18(19,20)21/h7-10,13H,3-6,11-12H2,1-2H3,(H,22,25). The van der Waals surface area contributed by atoms with Gasteiger partial charge in [0.2, 0.25) is 5.91 Å². The van der Waals surface area contributed by atoms with Crippen LogP contribution in [0, 0.1) is 5.92 Å². The third-order valence-corrected chi connectivity index (χ3v) is 4.45. The number of amides is 3. The fraction of sp³-hybridized carbons (Fsp3) is 0.556. The highest BCUT2D eigenvalue weighted by Crippen LogP contribution is 2.25. The molecule has 0 spiro atoms. The van der Waals surface area contributed by atoms with Crippen molar-refractivity contribution >= 4 is 17.6 Å². The zero-order valence-electron chi connectivity index (χ0n) is 15.4. The minimum absolute atomic E-state index is 0.0776. The van der Waals surface area contributed by atoms with Gasteiger partial charge in [0.25, 0.3) is 0 Å². The second kappa shape index (κ2) is 8.96. The maximum atomic E-state index is 12.5. The molecule has 9 heteroatoms. The lowest BCUT2D eigenvalue weighted by molar-refractivity contribution is -0.274. The quantitative estimate of drug-likeness (QED) is 0.838. The van der Waals surface area contributed by atoms with E-state index in [-0.39, 0.29) is 23.6 Å². The molecule has 1 fully saturated rings. The zero-order chi connectivity index (χ0) is 20.0. The van der Waals surface area contributed by atoms with Crippen molar-refractivity contribution in [3.63, 3.8) is 0 Å². The molecule has 1 aromatic carbocycles. The number of hydrogen-bond donors (Lipinski definition) is 1. The number of hydrogen-bond acceptors (Lipinski definition) is 3. The fourth-order valence-corrected chi connectivity index (χ4v) is 3.04. The molecule has 1 atom stereocenters. The fourth-order valence-electron chi connectivity index (χ4n) is 3.04. The van der Waals surface area contributed by atoms with Gasteiger partial charge in [-0.05, 0) is 51.0 Å². The Morgan fingerprint density at radius 3 is 2.41 bits per heavy atom. The molecule has 6 nitrogen and oxygen atoms in total. The van der Waals surface area contributed by atoms with Crippen molar-refractivity contribution in [2.45, 2.75) is 33.1 Å². The van der Waals surface area contributed by atoms with Gasteiger partial charge in [0.15, 0.2) is 0 Å². The van der Waals surface area contributed by atoms with Gasteiger partial charge >= 0.3 is 12.4 Å². The summed E-state index contributed by atoms with van der Waals surface area (Å²) in [5, 5.41) is 2.69. The number of urea groups is 1. The van der Waals surface area contributed by atoms with Crippen LogP contribution in [-0.2, 0) is 4.79 Å². The summed E-state index contributed by atoms with van der Waals surface area (Å²) in [5.41, 5.74) is 0.377. The lowest BCUT2D eigenvalue weighted by Gasteiger charge is -2.35. The van der Waals surface area contributed by atoms with Crippen molar-refractivity contribution in [1.82, 2.24) is 9.80 Å². The van der Waals surface area contributed by atoms with Crippen LogP contribution in [-0.4, -0.2) is 54.3 Å². The van der Waals surface area contributed by atoms with E-state index >= 15 is 0 Å². The smallest absolute Gasteiger partial charge is 0.406 e. The van der Waals surface area contributed by atoms with Gasteiger partial charge in [0, 0.05) is 31.9 Å². The number of ether oxygens (including phenoxy) is 1. The molecule has 1 N–H and O–H groups in total. The largest absolute Gasteiger partial charge is 0.573 e. The summed E-state index contributed by atoms with van der Waals surface area (Å²) >= 11 is 0. The van der Waals surface area contributed by atoms with Crippen molar-refractivity contribution in [3.8, 4) is 5.75 Å². The molecule has 0 aromatic heterocycles. The van der Waals surface area contributed by atoms with Gasteiger partial charge < -0.3 is 19.9 Å². The average molecular weight is 387 g/mol. The highest BCUT2D eigenvalue weighted by Gasteiger charge is 2.31. The summed E-state index contributed by atoms with van der Waals surface area (Å²) in [5.74, 6) is -0.963. The molecule has 0 aliphatic carbocycles. The third kappa shape index (κ3) is 6.04. The molecule has 1 aliphatic rings. The number of benzene rings is 1. The van der Waals surface area contributed by atoms with Crippen LogP contribution in [0.2, 0.25) is 0 Å². The minimum atomic E-state index is -4.76. The molecule has 150 valence electrons. The number of piperidine rings is 1. The molecular weight excluding hydrogens is 363 g/mol. The molecule has 27 heavy (non-hydrogen) atoms. The number of nitrogens with one attached hydrogen (secondary N) is 1. The van der Waals surface area contributed by atoms with E-state index in [1.165, 1.54) is 12.1 Å². The Hall–Kier alpha value is -2.45. The number of carbonyl (C=O) groups excluding carboxylic acids is 2. The highest BCUT2D eigenvalue weighted by atomic mass is 19.4. The van der Waals surface area contributed by atoms with Crippen LogP contribution >= 0.6 is 0 Å². The Bertz CT molecular complexity index is 645. The predicted molar refractivity (Wildman–Crippen MR) is 94.4 cm³/mol. The van der Waals surface area contributed by atoms with Crippen molar-refractivity contribution < 1.29 is 27.5 Å². The molecule has 1 heterocycles. The molecule has 1 aromatic rings. The van der Waals surface area contributed by atoms with E-state index < -0.39 is 6.36 Å². The van der Waals surface area contributed by atoms with Crippen LogP contribution in [0.4, 0.5) is 23.7 Å². The highest BCUT2D eigenvalue weighted by molar-refractivity contribution is 5.93.